The first-order valence-corrected chi connectivity index (χ1v) is 9.63. The number of guanidine groups is 1. The van der Waals surface area contributed by atoms with Gasteiger partial charge in [0.2, 0.25) is 0 Å². The molecule has 7 heteroatoms. The van der Waals surface area contributed by atoms with Gasteiger partial charge in [0.25, 0.3) is 0 Å². The number of hydrogen-bond donors (Lipinski definition) is 2. The number of aliphatic imine (C=N–C) groups is 1. The zero-order valence-corrected chi connectivity index (χ0v) is 18.8. The number of hydrogen-bond acceptors (Lipinski definition) is 4. The van der Waals surface area contributed by atoms with Crippen LogP contribution >= 0.6 is 35.3 Å². The van der Waals surface area contributed by atoms with Crippen LogP contribution in [0.25, 0.3) is 0 Å². The molecule has 0 amide bonds. The molecule has 0 spiro atoms. The summed E-state index contributed by atoms with van der Waals surface area (Å²) in [6.45, 7) is 6.62. The maximum absolute atomic E-state index is 5.69. The fourth-order valence-corrected chi connectivity index (χ4v) is 3.09. The fraction of sp³-hybridized carbons (Fsp3) is 0.474. The number of halogens is 1. The number of benzene rings is 1. The van der Waals surface area contributed by atoms with Crippen molar-refractivity contribution in [3.8, 4) is 5.75 Å². The summed E-state index contributed by atoms with van der Waals surface area (Å²) in [5, 5.41) is 9.85. The second-order valence-corrected chi connectivity index (χ2v) is 6.98. The average Bonchev–Trinajstić information content (AvgIpc) is 3.11. The van der Waals surface area contributed by atoms with E-state index in [0.717, 1.165) is 48.4 Å². The summed E-state index contributed by atoms with van der Waals surface area (Å²) in [4.78, 5) is 8.87. The molecule has 0 aliphatic heterocycles. The van der Waals surface area contributed by atoms with Crippen molar-refractivity contribution in [2.24, 2.45) is 4.99 Å². The third kappa shape index (κ3) is 8.35. The summed E-state index contributed by atoms with van der Waals surface area (Å²) in [5.74, 6) is 2.21. The van der Waals surface area contributed by atoms with Gasteiger partial charge in [0.05, 0.1) is 18.8 Å². The number of para-hydroxylation sites is 1. The van der Waals surface area contributed by atoms with Crippen LogP contribution in [0.3, 0.4) is 0 Å². The fourth-order valence-electron chi connectivity index (χ4n) is 2.19. The van der Waals surface area contributed by atoms with Gasteiger partial charge >= 0.3 is 0 Å². The maximum Gasteiger partial charge on any atom is 0.191 e. The zero-order chi connectivity index (χ0) is 17.9. The monoisotopic (exact) mass is 488 g/mol. The van der Waals surface area contributed by atoms with E-state index in [-0.39, 0.29) is 24.0 Å². The second kappa shape index (κ2) is 12.9. The average molecular weight is 488 g/mol. The maximum atomic E-state index is 5.69. The lowest BCUT2D eigenvalue weighted by Gasteiger charge is -2.11. The first-order valence-electron chi connectivity index (χ1n) is 8.75. The Morgan fingerprint density at radius 3 is 2.62 bits per heavy atom. The molecule has 2 rings (SSSR count). The number of ether oxygens (including phenoxy) is 1. The summed E-state index contributed by atoms with van der Waals surface area (Å²) in [6.07, 6.45) is 2.03. The Balaban J connectivity index is 0.00000338. The standard InChI is InChI=1S/C19H28N4OS.HI/c1-15(2)17-14-25-18(23-17)13-22-19(20-3)21-11-7-8-12-24-16-9-5-4-6-10-16;/h4-6,9-10,14-15H,7-8,11-13H2,1-3H3,(H2,20,21,22);1H. The predicted molar refractivity (Wildman–Crippen MR) is 121 cm³/mol. The van der Waals surface area contributed by atoms with E-state index in [1.165, 1.54) is 0 Å². The van der Waals surface area contributed by atoms with Crippen molar-refractivity contribution in [2.75, 3.05) is 20.2 Å². The molecule has 0 fully saturated rings. The van der Waals surface area contributed by atoms with Crippen LogP contribution in [0.1, 0.15) is 43.3 Å². The third-order valence-corrected chi connectivity index (χ3v) is 4.53. The molecule has 0 saturated heterocycles. The molecule has 0 unspecified atom stereocenters. The minimum atomic E-state index is 0. The molecule has 0 atom stereocenters. The van der Waals surface area contributed by atoms with E-state index in [4.69, 9.17) is 4.74 Å². The molecule has 0 aliphatic carbocycles. The molecule has 0 saturated carbocycles. The van der Waals surface area contributed by atoms with Crippen LogP contribution in [0.15, 0.2) is 40.7 Å². The highest BCUT2D eigenvalue weighted by atomic mass is 127. The molecule has 0 bridgehead atoms. The molecule has 2 aromatic rings. The molecular weight excluding hydrogens is 459 g/mol. The smallest absolute Gasteiger partial charge is 0.191 e. The Hall–Kier alpha value is -1.35. The van der Waals surface area contributed by atoms with Crippen molar-refractivity contribution in [1.82, 2.24) is 15.6 Å². The molecule has 26 heavy (non-hydrogen) atoms. The third-order valence-electron chi connectivity index (χ3n) is 3.67. The summed E-state index contributed by atoms with van der Waals surface area (Å²) >= 11 is 1.69. The molecule has 144 valence electrons. The SMILES string of the molecule is CN=C(NCCCCOc1ccccc1)NCc1nc(C(C)C)cs1.I. The Kier molecular flexibility index (Phi) is 11.3. The number of thiazole rings is 1. The van der Waals surface area contributed by atoms with E-state index in [0.29, 0.717) is 12.5 Å². The molecular formula is C19H29IN4OS. The van der Waals surface area contributed by atoms with Crippen molar-refractivity contribution in [3.63, 3.8) is 0 Å². The second-order valence-electron chi connectivity index (χ2n) is 6.04. The summed E-state index contributed by atoms with van der Waals surface area (Å²) < 4.78 is 5.69. The van der Waals surface area contributed by atoms with Gasteiger partial charge in [-0.1, -0.05) is 32.0 Å². The molecule has 1 heterocycles. The number of nitrogens with zero attached hydrogens (tertiary/aromatic N) is 2. The van der Waals surface area contributed by atoms with E-state index in [9.17, 15) is 0 Å². The first kappa shape index (κ1) is 22.7. The van der Waals surface area contributed by atoms with Crippen LogP contribution in [-0.2, 0) is 6.54 Å². The molecule has 1 aromatic carbocycles. The van der Waals surface area contributed by atoms with Crippen LogP contribution in [0, 0.1) is 0 Å². The summed E-state index contributed by atoms with van der Waals surface area (Å²) in [6, 6.07) is 9.92. The molecule has 1 aromatic heterocycles. The predicted octanol–water partition coefficient (Wildman–Crippen LogP) is 4.41. The Labute approximate surface area is 177 Å². The highest BCUT2D eigenvalue weighted by molar-refractivity contribution is 14.0. The highest BCUT2D eigenvalue weighted by Crippen LogP contribution is 2.17. The minimum absolute atomic E-state index is 0. The van der Waals surface area contributed by atoms with E-state index in [2.05, 4.69) is 39.8 Å². The number of nitrogens with one attached hydrogen (secondary N) is 2. The lowest BCUT2D eigenvalue weighted by atomic mass is 10.2. The van der Waals surface area contributed by atoms with Gasteiger partial charge in [-0.15, -0.1) is 35.3 Å². The Morgan fingerprint density at radius 2 is 1.96 bits per heavy atom. The molecule has 5 nitrogen and oxygen atoms in total. The molecule has 0 aliphatic rings. The van der Waals surface area contributed by atoms with Crippen LogP contribution in [-0.4, -0.2) is 31.1 Å². The van der Waals surface area contributed by atoms with E-state index < -0.39 is 0 Å². The van der Waals surface area contributed by atoms with Gasteiger partial charge in [-0.05, 0) is 30.9 Å². The van der Waals surface area contributed by atoms with Gasteiger partial charge in [-0.25, -0.2) is 4.98 Å². The van der Waals surface area contributed by atoms with E-state index in [1.54, 1.807) is 18.4 Å². The van der Waals surface area contributed by atoms with Gasteiger partial charge in [-0.3, -0.25) is 4.99 Å². The zero-order valence-electron chi connectivity index (χ0n) is 15.7. The summed E-state index contributed by atoms with van der Waals surface area (Å²) in [7, 11) is 1.79. The minimum Gasteiger partial charge on any atom is -0.494 e. The van der Waals surface area contributed by atoms with E-state index in [1.807, 2.05) is 30.3 Å². The van der Waals surface area contributed by atoms with Crippen molar-refractivity contribution in [3.05, 3.63) is 46.4 Å². The summed E-state index contributed by atoms with van der Waals surface area (Å²) in [5.41, 5.74) is 1.16. The van der Waals surface area contributed by atoms with Gasteiger partial charge in [0, 0.05) is 19.0 Å². The topological polar surface area (TPSA) is 58.5 Å². The van der Waals surface area contributed by atoms with Gasteiger partial charge in [0.1, 0.15) is 10.8 Å². The molecule has 2 N–H and O–H groups in total. The Morgan fingerprint density at radius 1 is 1.19 bits per heavy atom. The normalized spacial score (nSPS) is 11.2. The van der Waals surface area contributed by atoms with Gasteiger partial charge in [-0.2, -0.15) is 0 Å². The Bertz CT molecular complexity index is 646. The van der Waals surface area contributed by atoms with Gasteiger partial charge < -0.3 is 15.4 Å². The largest absolute Gasteiger partial charge is 0.494 e. The van der Waals surface area contributed by atoms with Crippen molar-refractivity contribution in [2.45, 2.75) is 39.2 Å². The van der Waals surface area contributed by atoms with Crippen LogP contribution < -0.4 is 15.4 Å². The lowest BCUT2D eigenvalue weighted by Crippen LogP contribution is -2.37. The quantitative estimate of drug-likeness (QED) is 0.238. The highest BCUT2D eigenvalue weighted by Gasteiger charge is 2.06. The van der Waals surface area contributed by atoms with Crippen LogP contribution in [0.5, 0.6) is 5.75 Å². The van der Waals surface area contributed by atoms with E-state index >= 15 is 0 Å². The lowest BCUT2D eigenvalue weighted by molar-refractivity contribution is 0.307. The van der Waals surface area contributed by atoms with Crippen LogP contribution in [0.2, 0.25) is 0 Å². The number of rotatable bonds is 9. The van der Waals surface area contributed by atoms with Gasteiger partial charge in [0.15, 0.2) is 5.96 Å². The first-order chi connectivity index (χ1) is 12.2. The van der Waals surface area contributed by atoms with Crippen molar-refractivity contribution < 1.29 is 4.74 Å². The van der Waals surface area contributed by atoms with Crippen molar-refractivity contribution >= 4 is 41.3 Å². The number of aromatic nitrogens is 1. The molecule has 0 radical (unpaired) electrons. The van der Waals surface area contributed by atoms with Crippen LogP contribution in [0.4, 0.5) is 0 Å². The van der Waals surface area contributed by atoms with Crippen molar-refractivity contribution in [1.29, 1.82) is 0 Å². The number of unbranched alkanes of at least 4 members (excludes halogenated alkanes) is 1.